The first-order valence-electron chi connectivity index (χ1n) is 4.68. The number of nitrogen functional groups attached to an aromatic ring is 1. The van der Waals surface area contributed by atoms with E-state index >= 15 is 0 Å². The Kier molecular flexibility index (Phi) is 4.08. The van der Waals surface area contributed by atoms with Crippen LogP contribution < -0.4 is 16.2 Å². The molecule has 16 heavy (non-hydrogen) atoms. The highest BCUT2D eigenvalue weighted by molar-refractivity contribution is 7.89. The van der Waals surface area contributed by atoms with Gasteiger partial charge in [-0.25, -0.2) is 17.9 Å². The van der Waals surface area contributed by atoms with Crippen molar-refractivity contribution in [1.82, 2.24) is 0 Å². The van der Waals surface area contributed by atoms with E-state index in [0.29, 0.717) is 24.3 Å². The fourth-order valence-corrected chi connectivity index (χ4v) is 1.72. The number of halogens is 1. The third kappa shape index (κ3) is 4.45. The Morgan fingerprint density at radius 2 is 2.06 bits per heavy atom. The van der Waals surface area contributed by atoms with Gasteiger partial charge in [-0.05, 0) is 24.6 Å². The molecule has 0 unspecified atom stereocenters. The zero-order valence-electron chi connectivity index (χ0n) is 8.61. The number of anilines is 2. The Hall–Kier alpha value is -1.34. The summed E-state index contributed by atoms with van der Waals surface area (Å²) in [5.41, 5.74) is 6.45. The van der Waals surface area contributed by atoms with Crippen LogP contribution in [0.25, 0.3) is 0 Å². The first-order valence-corrected chi connectivity index (χ1v) is 6.39. The van der Waals surface area contributed by atoms with Crippen molar-refractivity contribution in [2.45, 2.75) is 6.42 Å². The third-order valence-electron chi connectivity index (χ3n) is 1.94. The van der Waals surface area contributed by atoms with Crippen molar-refractivity contribution in [1.29, 1.82) is 0 Å². The maximum Gasteiger partial charge on any atom is 0.209 e. The number of benzene rings is 1. The molecule has 5 N–H and O–H groups in total. The molecule has 0 saturated carbocycles. The molecule has 0 amide bonds. The number of primary sulfonamides is 1. The van der Waals surface area contributed by atoms with Crippen molar-refractivity contribution in [2.24, 2.45) is 5.14 Å². The molecule has 0 radical (unpaired) electrons. The molecule has 0 heterocycles. The maximum absolute atomic E-state index is 12.8. The van der Waals surface area contributed by atoms with Crippen LogP contribution in [0.4, 0.5) is 15.8 Å². The fraction of sp³-hybridized carbons (Fsp3) is 0.333. The summed E-state index contributed by atoms with van der Waals surface area (Å²) in [7, 11) is -3.44. The quantitative estimate of drug-likeness (QED) is 0.521. The number of hydrogen-bond donors (Lipinski definition) is 3. The molecule has 0 fully saturated rings. The Morgan fingerprint density at radius 1 is 1.38 bits per heavy atom. The van der Waals surface area contributed by atoms with Crippen molar-refractivity contribution in [3.8, 4) is 0 Å². The summed E-state index contributed by atoms with van der Waals surface area (Å²) in [5.74, 6) is -0.516. The zero-order valence-corrected chi connectivity index (χ0v) is 9.43. The second kappa shape index (κ2) is 5.13. The SMILES string of the molecule is Nc1ccc(F)cc1NCCCS(N)(=O)=O. The average molecular weight is 247 g/mol. The van der Waals surface area contributed by atoms with Crippen molar-refractivity contribution in [3.63, 3.8) is 0 Å². The van der Waals surface area contributed by atoms with Crippen molar-refractivity contribution < 1.29 is 12.8 Å². The molecule has 7 heteroatoms. The van der Waals surface area contributed by atoms with Gasteiger partial charge in [-0.1, -0.05) is 0 Å². The Bertz CT molecular complexity index is 462. The largest absolute Gasteiger partial charge is 0.397 e. The number of nitrogens with one attached hydrogen (secondary N) is 1. The maximum atomic E-state index is 12.8. The van der Waals surface area contributed by atoms with Crippen molar-refractivity contribution in [2.75, 3.05) is 23.3 Å². The van der Waals surface area contributed by atoms with Crippen LogP contribution in [0.15, 0.2) is 18.2 Å². The molecule has 1 aromatic rings. The molecule has 1 rings (SSSR count). The lowest BCUT2D eigenvalue weighted by Crippen LogP contribution is -2.18. The minimum atomic E-state index is -3.44. The Balaban J connectivity index is 2.46. The Morgan fingerprint density at radius 3 is 2.69 bits per heavy atom. The van der Waals surface area contributed by atoms with Crippen molar-refractivity contribution in [3.05, 3.63) is 24.0 Å². The van der Waals surface area contributed by atoms with E-state index in [1.807, 2.05) is 0 Å². The highest BCUT2D eigenvalue weighted by atomic mass is 32.2. The number of hydrogen-bond acceptors (Lipinski definition) is 4. The molecule has 0 saturated heterocycles. The van der Waals surface area contributed by atoms with Gasteiger partial charge < -0.3 is 11.1 Å². The van der Waals surface area contributed by atoms with Gasteiger partial charge in [-0.3, -0.25) is 0 Å². The lowest BCUT2D eigenvalue weighted by atomic mass is 10.2. The summed E-state index contributed by atoms with van der Waals surface area (Å²) in [4.78, 5) is 0. The highest BCUT2D eigenvalue weighted by Gasteiger charge is 2.03. The van der Waals surface area contributed by atoms with E-state index in [9.17, 15) is 12.8 Å². The van der Waals surface area contributed by atoms with Crippen LogP contribution in [-0.4, -0.2) is 20.7 Å². The molecule has 1 aromatic carbocycles. The van der Waals surface area contributed by atoms with E-state index in [-0.39, 0.29) is 5.75 Å². The fourth-order valence-electron chi connectivity index (χ4n) is 1.18. The molecule has 5 nitrogen and oxygen atoms in total. The van der Waals surface area contributed by atoms with Crippen LogP contribution in [0.3, 0.4) is 0 Å². The summed E-state index contributed by atoms with van der Waals surface area (Å²) in [6.07, 6.45) is 0.342. The van der Waals surface area contributed by atoms with E-state index in [2.05, 4.69) is 5.32 Å². The molecular weight excluding hydrogens is 233 g/mol. The van der Waals surface area contributed by atoms with Crippen LogP contribution in [0.2, 0.25) is 0 Å². The molecule has 0 bridgehead atoms. The minimum Gasteiger partial charge on any atom is -0.397 e. The van der Waals surface area contributed by atoms with E-state index < -0.39 is 15.8 Å². The summed E-state index contributed by atoms with van der Waals surface area (Å²) in [5, 5.41) is 7.67. The van der Waals surface area contributed by atoms with Crippen LogP contribution >= 0.6 is 0 Å². The monoisotopic (exact) mass is 247 g/mol. The summed E-state index contributed by atoms with van der Waals surface area (Å²) < 4.78 is 34.1. The summed E-state index contributed by atoms with van der Waals surface area (Å²) in [6, 6.07) is 3.95. The predicted octanol–water partition coefficient (Wildman–Crippen LogP) is 0.498. The van der Waals surface area contributed by atoms with Gasteiger partial charge in [0.25, 0.3) is 0 Å². The van der Waals surface area contributed by atoms with Gasteiger partial charge in [0.05, 0.1) is 17.1 Å². The van der Waals surface area contributed by atoms with Gasteiger partial charge in [-0.15, -0.1) is 0 Å². The first-order chi connectivity index (χ1) is 7.38. The standard InChI is InChI=1S/C9H14FN3O2S/c10-7-2-3-8(11)9(6-7)13-4-1-5-16(12,14)15/h2-3,6,13H,1,4-5,11H2,(H2,12,14,15). The molecule has 90 valence electrons. The topological polar surface area (TPSA) is 98.2 Å². The molecule has 0 spiro atoms. The number of rotatable bonds is 5. The summed E-state index contributed by atoms with van der Waals surface area (Å²) in [6.45, 7) is 0.365. The minimum absolute atomic E-state index is 0.116. The van der Waals surface area contributed by atoms with Crippen LogP contribution in [0.5, 0.6) is 0 Å². The predicted molar refractivity (Wildman–Crippen MR) is 61.9 cm³/mol. The van der Waals surface area contributed by atoms with E-state index in [1.165, 1.54) is 18.2 Å². The van der Waals surface area contributed by atoms with Gasteiger partial charge in [0.15, 0.2) is 0 Å². The summed E-state index contributed by atoms with van der Waals surface area (Å²) >= 11 is 0. The van der Waals surface area contributed by atoms with Crippen LogP contribution in [-0.2, 0) is 10.0 Å². The molecule has 0 aromatic heterocycles. The Labute approximate surface area is 93.7 Å². The van der Waals surface area contributed by atoms with Gasteiger partial charge in [0.2, 0.25) is 10.0 Å². The number of sulfonamides is 1. The van der Waals surface area contributed by atoms with Gasteiger partial charge in [0, 0.05) is 6.54 Å². The van der Waals surface area contributed by atoms with Crippen LogP contribution in [0.1, 0.15) is 6.42 Å². The van der Waals surface area contributed by atoms with E-state index in [0.717, 1.165) is 0 Å². The molecule has 0 aliphatic rings. The lowest BCUT2D eigenvalue weighted by Gasteiger charge is -2.08. The second-order valence-electron chi connectivity index (χ2n) is 3.38. The molecule has 0 aliphatic heterocycles. The van der Waals surface area contributed by atoms with Gasteiger partial charge in [0.1, 0.15) is 5.82 Å². The zero-order chi connectivity index (χ0) is 12.2. The number of nitrogens with two attached hydrogens (primary N) is 2. The molecule has 0 atom stereocenters. The van der Waals surface area contributed by atoms with E-state index in [4.69, 9.17) is 10.9 Å². The van der Waals surface area contributed by atoms with Crippen molar-refractivity contribution >= 4 is 21.4 Å². The molecular formula is C9H14FN3O2S. The first kappa shape index (κ1) is 12.7. The smallest absolute Gasteiger partial charge is 0.209 e. The normalized spacial score (nSPS) is 11.4. The van der Waals surface area contributed by atoms with Crippen LogP contribution in [0, 0.1) is 5.82 Å². The second-order valence-corrected chi connectivity index (χ2v) is 5.11. The van der Waals surface area contributed by atoms with E-state index in [1.54, 1.807) is 0 Å². The third-order valence-corrected chi connectivity index (χ3v) is 2.79. The lowest BCUT2D eigenvalue weighted by molar-refractivity contribution is 0.595. The highest BCUT2D eigenvalue weighted by Crippen LogP contribution is 2.18. The average Bonchev–Trinajstić information content (AvgIpc) is 2.16. The molecule has 0 aliphatic carbocycles. The van der Waals surface area contributed by atoms with Gasteiger partial charge >= 0.3 is 0 Å². The van der Waals surface area contributed by atoms with Gasteiger partial charge in [-0.2, -0.15) is 0 Å².